The summed E-state index contributed by atoms with van der Waals surface area (Å²) in [5.74, 6) is -2.09. The third-order valence-electron chi connectivity index (χ3n) is 5.94. The summed E-state index contributed by atoms with van der Waals surface area (Å²) in [5, 5.41) is 39.6. The molecular weight excluding hydrogens is 404 g/mol. The van der Waals surface area contributed by atoms with E-state index in [4.69, 9.17) is 23.7 Å². The molecule has 11 heteroatoms. The maximum absolute atomic E-state index is 12.2. The lowest BCUT2D eigenvalue weighted by Gasteiger charge is -2.42. The van der Waals surface area contributed by atoms with Crippen molar-refractivity contribution in [3.05, 3.63) is 23.5 Å². The van der Waals surface area contributed by atoms with Crippen molar-refractivity contribution >= 4 is 11.9 Å². The van der Waals surface area contributed by atoms with Gasteiger partial charge in [-0.2, -0.15) is 0 Å². The number of ether oxygens (including phenoxy) is 5. The number of carbonyl (C=O) groups excluding carboxylic acids is 2. The van der Waals surface area contributed by atoms with Gasteiger partial charge in [0, 0.05) is 6.92 Å². The maximum atomic E-state index is 12.2. The molecule has 0 aromatic heterocycles. The second-order valence-electron chi connectivity index (χ2n) is 7.99. The van der Waals surface area contributed by atoms with Gasteiger partial charge < -0.3 is 44.1 Å². The average Bonchev–Trinajstić information content (AvgIpc) is 3.13. The molecule has 0 spiro atoms. The molecule has 0 aromatic rings. The van der Waals surface area contributed by atoms with Crippen LogP contribution in [0.15, 0.2) is 23.5 Å². The lowest BCUT2D eigenvalue weighted by Crippen LogP contribution is -2.60. The molecule has 1 aliphatic carbocycles. The van der Waals surface area contributed by atoms with Gasteiger partial charge in [-0.15, -0.1) is 0 Å². The van der Waals surface area contributed by atoms with Gasteiger partial charge >= 0.3 is 11.9 Å². The molecule has 9 atom stereocenters. The van der Waals surface area contributed by atoms with Crippen molar-refractivity contribution in [1.29, 1.82) is 0 Å². The molecule has 4 aliphatic rings. The minimum Gasteiger partial charge on any atom is -0.471 e. The highest BCUT2D eigenvalue weighted by atomic mass is 16.8. The highest BCUT2D eigenvalue weighted by Gasteiger charge is 2.62. The SMILES string of the molecule is CC(=O)OCC1=C[C@]2(C)OC(=O)C3=CO[C@@H](O[C@@H]4O[C@H](CO)[C@@H](O)[C@H](O)[C@H]4O)[C@H]1C32. The fraction of sp³-hybridized carbons (Fsp3) is 0.684. The number of aliphatic hydroxyl groups excluding tert-OH is 4. The zero-order valence-electron chi connectivity index (χ0n) is 16.3. The largest absolute Gasteiger partial charge is 0.471 e. The molecule has 0 amide bonds. The first-order valence-corrected chi connectivity index (χ1v) is 9.56. The third-order valence-corrected chi connectivity index (χ3v) is 5.94. The number of hydrogen-bond donors (Lipinski definition) is 4. The van der Waals surface area contributed by atoms with E-state index in [0.29, 0.717) is 11.1 Å². The van der Waals surface area contributed by atoms with Gasteiger partial charge in [-0.25, -0.2) is 4.79 Å². The smallest absolute Gasteiger partial charge is 0.338 e. The maximum Gasteiger partial charge on any atom is 0.338 e. The fourth-order valence-corrected chi connectivity index (χ4v) is 4.54. The zero-order chi connectivity index (χ0) is 21.8. The average molecular weight is 428 g/mol. The monoisotopic (exact) mass is 428 g/mol. The Morgan fingerprint density at radius 1 is 1.20 bits per heavy atom. The van der Waals surface area contributed by atoms with Crippen LogP contribution in [0.2, 0.25) is 0 Å². The number of carbonyl (C=O) groups is 2. The van der Waals surface area contributed by atoms with Gasteiger partial charge in [-0.1, -0.05) is 0 Å². The van der Waals surface area contributed by atoms with Gasteiger partial charge in [-0.3, -0.25) is 4.79 Å². The van der Waals surface area contributed by atoms with Crippen LogP contribution in [0.3, 0.4) is 0 Å². The Hall–Kier alpha value is -2.02. The Kier molecular flexibility index (Phi) is 5.37. The quantitative estimate of drug-likeness (QED) is 0.286. The first-order valence-electron chi connectivity index (χ1n) is 9.56. The van der Waals surface area contributed by atoms with Gasteiger partial charge in [-0.05, 0) is 18.6 Å². The van der Waals surface area contributed by atoms with E-state index < -0.39 is 73.0 Å². The molecule has 11 nitrogen and oxygen atoms in total. The zero-order valence-corrected chi connectivity index (χ0v) is 16.3. The summed E-state index contributed by atoms with van der Waals surface area (Å²) in [6.45, 7) is 2.31. The van der Waals surface area contributed by atoms with Crippen molar-refractivity contribution in [2.24, 2.45) is 11.8 Å². The Morgan fingerprint density at radius 2 is 1.93 bits per heavy atom. The van der Waals surface area contributed by atoms with E-state index in [1.807, 2.05) is 0 Å². The molecule has 1 unspecified atom stereocenters. The second-order valence-corrected chi connectivity index (χ2v) is 7.99. The van der Waals surface area contributed by atoms with E-state index in [2.05, 4.69) is 0 Å². The number of esters is 2. The van der Waals surface area contributed by atoms with Gasteiger partial charge in [0.2, 0.25) is 6.29 Å². The molecule has 3 heterocycles. The van der Waals surface area contributed by atoms with Crippen LogP contribution in [-0.2, 0) is 33.3 Å². The minimum atomic E-state index is -1.62. The van der Waals surface area contributed by atoms with Gasteiger partial charge in [0.05, 0.1) is 30.3 Å². The molecule has 2 saturated heterocycles. The van der Waals surface area contributed by atoms with Crippen LogP contribution in [0.1, 0.15) is 13.8 Å². The molecule has 2 fully saturated rings. The topological polar surface area (TPSA) is 161 Å². The molecule has 0 aromatic carbocycles. The van der Waals surface area contributed by atoms with Crippen LogP contribution >= 0.6 is 0 Å². The molecule has 0 bridgehead atoms. The summed E-state index contributed by atoms with van der Waals surface area (Å²) in [4.78, 5) is 23.5. The Bertz CT molecular complexity index is 789. The van der Waals surface area contributed by atoms with Crippen LogP contribution in [-0.4, -0.2) is 88.2 Å². The van der Waals surface area contributed by atoms with Crippen molar-refractivity contribution in [2.75, 3.05) is 13.2 Å². The van der Waals surface area contributed by atoms with Crippen molar-refractivity contribution in [2.45, 2.75) is 56.4 Å². The summed E-state index contributed by atoms with van der Waals surface area (Å²) in [6, 6.07) is 0. The Morgan fingerprint density at radius 3 is 2.60 bits per heavy atom. The Balaban J connectivity index is 1.60. The molecular formula is C19H24O11. The summed E-state index contributed by atoms with van der Waals surface area (Å²) < 4.78 is 27.4. The first kappa shape index (κ1) is 21.2. The van der Waals surface area contributed by atoms with Crippen LogP contribution in [0.25, 0.3) is 0 Å². The van der Waals surface area contributed by atoms with E-state index in [-0.39, 0.29) is 6.61 Å². The molecule has 3 aliphatic heterocycles. The molecule has 4 rings (SSSR count). The van der Waals surface area contributed by atoms with E-state index in [0.717, 1.165) is 0 Å². The number of hydrogen-bond acceptors (Lipinski definition) is 11. The van der Waals surface area contributed by atoms with Crippen LogP contribution < -0.4 is 0 Å². The highest BCUT2D eigenvalue weighted by molar-refractivity contribution is 5.93. The third kappa shape index (κ3) is 3.31. The number of rotatable bonds is 5. The van der Waals surface area contributed by atoms with Crippen molar-refractivity contribution in [3.8, 4) is 0 Å². The summed E-state index contributed by atoms with van der Waals surface area (Å²) in [5.41, 5.74) is -0.0697. The van der Waals surface area contributed by atoms with Crippen molar-refractivity contribution in [3.63, 3.8) is 0 Å². The molecule has 166 valence electrons. The van der Waals surface area contributed by atoms with Gasteiger partial charge in [0.15, 0.2) is 6.29 Å². The molecule has 0 saturated carbocycles. The van der Waals surface area contributed by atoms with E-state index in [1.54, 1.807) is 13.0 Å². The molecule has 30 heavy (non-hydrogen) atoms. The minimum absolute atomic E-state index is 0.0746. The lowest BCUT2D eigenvalue weighted by atomic mass is 9.79. The van der Waals surface area contributed by atoms with E-state index in [1.165, 1.54) is 13.2 Å². The van der Waals surface area contributed by atoms with Crippen LogP contribution in [0, 0.1) is 11.8 Å². The van der Waals surface area contributed by atoms with Crippen LogP contribution in [0.4, 0.5) is 0 Å². The second kappa shape index (κ2) is 7.59. The van der Waals surface area contributed by atoms with E-state index >= 15 is 0 Å². The molecule has 0 radical (unpaired) electrons. The normalized spacial score (nSPS) is 44.5. The highest BCUT2D eigenvalue weighted by Crippen LogP contribution is 2.54. The van der Waals surface area contributed by atoms with Crippen LogP contribution in [0.5, 0.6) is 0 Å². The molecule has 4 N–H and O–H groups in total. The van der Waals surface area contributed by atoms with Gasteiger partial charge in [0.1, 0.15) is 36.6 Å². The summed E-state index contributed by atoms with van der Waals surface area (Å²) in [7, 11) is 0. The predicted octanol–water partition coefficient (Wildman–Crippen LogP) is -1.91. The number of aliphatic hydroxyl groups is 4. The standard InChI is InChI=1S/C19H24O11/c1-7(21)26-5-8-3-19(2)12-9(16(25)30-19)6-27-17(11(8)12)29-18-15(24)14(23)13(22)10(4-20)28-18/h3,6,10-15,17-18,20,22-24H,4-5H2,1-2H3/t10-,11-,12?,13-,14+,15-,17+,18+,19+/m1/s1. The van der Waals surface area contributed by atoms with Crippen molar-refractivity contribution < 1.29 is 53.7 Å². The summed E-state index contributed by atoms with van der Waals surface area (Å²) >= 11 is 0. The summed E-state index contributed by atoms with van der Waals surface area (Å²) in [6.07, 6.45) is -5.50. The lowest BCUT2D eigenvalue weighted by molar-refractivity contribution is -0.340. The fourth-order valence-electron chi connectivity index (χ4n) is 4.54. The Labute approximate surface area is 171 Å². The van der Waals surface area contributed by atoms with Gasteiger partial charge in [0.25, 0.3) is 0 Å². The van der Waals surface area contributed by atoms with Crippen molar-refractivity contribution in [1.82, 2.24) is 0 Å². The first-order chi connectivity index (χ1) is 14.2. The van der Waals surface area contributed by atoms with E-state index in [9.17, 15) is 30.0 Å². The predicted molar refractivity (Wildman–Crippen MR) is 94.0 cm³/mol.